The Bertz CT molecular complexity index is 1810. The van der Waals surface area contributed by atoms with Crippen LogP contribution in [-0.2, 0) is 24.7 Å². The molecule has 9 nitrogen and oxygen atoms in total. The Labute approximate surface area is 317 Å². The summed E-state index contributed by atoms with van der Waals surface area (Å²) in [4.78, 5) is 29.1. The number of alkyl halides is 2. The zero-order chi connectivity index (χ0) is 38.5. The standard InChI is InChI=1S/C40H53ClF2N2O7Si/c1-38(2,3)51-35(46)19-24-17-28-11-12-29(18-24)45(28)23-30(44-37(47)40(42,43)34-22-26-20-27(41)10-14-31(26)50-34)36(52-53(7,8)39(4,5)6)25-9-13-32-33(21-25)49-16-15-48-32/h9-10,13-14,20-22,24,28-30,36H,11-12,15-19,23H2,1-8H3,(H,44,47)/t24?,28?,29?,30-,36-/m1/s1. The maximum atomic E-state index is 16.2. The van der Waals surface area contributed by atoms with Crippen LogP contribution in [0.3, 0.4) is 0 Å². The van der Waals surface area contributed by atoms with E-state index < -0.39 is 43.7 Å². The highest BCUT2D eigenvalue weighted by Gasteiger charge is 2.50. The molecular weight excluding hydrogens is 722 g/mol. The largest absolute Gasteiger partial charge is 0.486 e. The fourth-order valence-corrected chi connectivity index (χ4v) is 9.04. The van der Waals surface area contributed by atoms with E-state index in [9.17, 15) is 9.59 Å². The maximum absolute atomic E-state index is 16.2. The van der Waals surface area contributed by atoms with Crippen LogP contribution in [0.1, 0.15) is 91.1 Å². The highest BCUT2D eigenvalue weighted by Crippen LogP contribution is 2.45. The number of carbonyl (C=O) groups is 2. The number of hydrogen-bond acceptors (Lipinski definition) is 8. The van der Waals surface area contributed by atoms with Gasteiger partial charge in [0.2, 0.25) is 0 Å². The van der Waals surface area contributed by atoms with E-state index in [2.05, 4.69) is 44.1 Å². The van der Waals surface area contributed by atoms with Gasteiger partial charge in [-0.25, -0.2) is 0 Å². The molecule has 2 unspecified atom stereocenters. The number of amides is 1. The smallest absolute Gasteiger partial charge is 0.380 e. The Morgan fingerprint density at radius 2 is 1.62 bits per heavy atom. The minimum Gasteiger partial charge on any atom is -0.486 e. The summed E-state index contributed by atoms with van der Waals surface area (Å²) in [5.74, 6) is -5.19. The molecule has 290 valence electrons. The van der Waals surface area contributed by atoms with Gasteiger partial charge in [0.05, 0.1) is 12.1 Å². The molecule has 13 heteroatoms. The van der Waals surface area contributed by atoms with Crippen molar-refractivity contribution in [1.29, 1.82) is 0 Å². The third kappa shape index (κ3) is 8.87. The molecular formula is C40H53ClF2N2O7Si. The summed E-state index contributed by atoms with van der Waals surface area (Å²) in [5, 5.41) is 3.29. The second-order valence-corrected chi connectivity index (χ2v) is 22.6. The van der Waals surface area contributed by atoms with Crippen molar-refractivity contribution in [2.45, 2.75) is 128 Å². The van der Waals surface area contributed by atoms with Gasteiger partial charge in [-0.05, 0) is 112 Å². The number of hydrogen-bond donors (Lipinski definition) is 1. The molecule has 2 bridgehead atoms. The third-order valence-corrected chi connectivity index (χ3v) is 15.8. The number of carbonyl (C=O) groups excluding carboxylic acids is 2. The van der Waals surface area contributed by atoms with Crippen LogP contribution >= 0.6 is 11.6 Å². The van der Waals surface area contributed by atoms with Gasteiger partial charge in [-0.1, -0.05) is 38.4 Å². The molecule has 2 saturated heterocycles. The number of piperidine rings is 1. The molecule has 2 aromatic carbocycles. The van der Waals surface area contributed by atoms with E-state index in [1.54, 1.807) is 6.07 Å². The number of esters is 1. The molecule has 6 rings (SSSR count). The normalized spacial score (nSPS) is 22.1. The SMILES string of the molecule is CC(C)(C)OC(=O)CC1CC2CCC(C1)N2C[C@@H](NC(=O)C(F)(F)c1cc2cc(Cl)ccc2o1)[C@H](O[Si](C)(C)C(C)(C)C)c1ccc2c(c1)OCCO2. The van der Waals surface area contributed by atoms with Gasteiger partial charge >= 0.3 is 11.9 Å². The van der Waals surface area contributed by atoms with E-state index >= 15 is 8.78 Å². The number of nitrogens with one attached hydrogen (secondary N) is 1. The number of ether oxygens (including phenoxy) is 3. The summed E-state index contributed by atoms with van der Waals surface area (Å²) in [6.45, 7) is 17.2. The van der Waals surface area contributed by atoms with Gasteiger partial charge in [0.1, 0.15) is 24.4 Å². The predicted octanol–water partition coefficient (Wildman–Crippen LogP) is 9.17. The Morgan fingerprint density at radius 1 is 0.962 bits per heavy atom. The van der Waals surface area contributed by atoms with E-state index in [1.807, 2.05) is 39.0 Å². The van der Waals surface area contributed by atoms with Crippen LogP contribution in [0.4, 0.5) is 8.78 Å². The van der Waals surface area contributed by atoms with Crippen molar-refractivity contribution in [3.63, 3.8) is 0 Å². The third-order valence-electron chi connectivity index (χ3n) is 11.1. The van der Waals surface area contributed by atoms with E-state index in [1.165, 1.54) is 12.1 Å². The minimum atomic E-state index is -4.00. The average Bonchev–Trinajstić information content (AvgIpc) is 3.58. The molecule has 3 aliphatic rings. The quantitative estimate of drug-likeness (QED) is 0.152. The second kappa shape index (κ2) is 14.8. The lowest BCUT2D eigenvalue weighted by molar-refractivity contribution is -0.156. The lowest BCUT2D eigenvalue weighted by Gasteiger charge is -2.45. The zero-order valence-corrected chi connectivity index (χ0v) is 33.8. The van der Waals surface area contributed by atoms with E-state index in [-0.39, 0.29) is 41.1 Å². The summed E-state index contributed by atoms with van der Waals surface area (Å²) in [7, 11) is -2.58. The summed E-state index contributed by atoms with van der Waals surface area (Å²) in [6.07, 6.45) is 2.89. The maximum Gasteiger partial charge on any atom is 0.380 e. The number of halogens is 3. The average molecular weight is 775 g/mol. The van der Waals surface area contributed by atoms with Crippen LogP contribution in [-0.4, -0.2) is 68.6 Å². The minimum absolute atomic E-state index is 0.106. The van der Waals surface area contributed by atoms with Gasteiger partial charge < -0.3 is 28.4 Å². The molecule has 1 amide bonds. The van der Waals surface area contributed by atoms with Crippen LogP contribution in [0.5, 0.6) is 11.5 Å². The van der Waals surface area contributed by atoms with Crippen LogP contribution in [0.25, 0.3) is 11.0 Å². The first-order chi connectivity index (χ1) is 24.7. The van der Waals surface area contributed by atoms with E-state index in [4.69, 9.17) is 34.7 Å². The fraction of sp³-hybridized carbons (Fsp3) is 0.600. The highest BCUT2D eigenvalue weighted by atomic mass is 35.5. The molecule has 4 heterocycles. The van der Waals surface area contributed by atoms with Gasteiger partial charge in [0.25, 0.3) is 5.91 Å². The number of rotatable bonds is 11. The predicted molar refractivity (Wildman–Crippen MR) is 202 cm³/mol. The van der Waals surface area contributed by atoms with Gasteiger partial charge in [0.15, 0.2) is 25.6 Å². The van der Waals surface area contributed by atoms with Crippen LogP contribution in [0.15, 0.2) is 46.9 Å². The van der Waals surface area contributed by atoms with Gasteiger partial charge in [0, 0.05) is 35.5 Å². The van der Waals surface area contributed by atoms with Crippen molar-refractivity contribution >= 4 is 42.8 Å². The molecule has 0 aliphatic carbocycles. The molecule has 0 radical (unpaired) electrons. The van der Waals surface area contributed by atoms with Crippen molar-refractivity contribution < 1.29 is 41.4 Å². The van der Waals surface area contributed by atoms with Gasteiger partial charge in [-0.15, -0.1) is 0 Å². The molecule has 1 N–H and O–H groups in total. The summed E-state index contributed by atoms with van der Waals surface area (Å²) in [5.41, 5.74) is 0.333. The molecule has 1 aromatic heterocycles. The van der Waals surface area contributed by atoms with Gasteiger partial charge in [-0.3, -0.25) is 14.5 Å². The topological polar surface area (TPSA) is 99.5 Å². The van der Waals surface area contributed by atoms with Crippen molar-refractivity contribution in [3.8, 4) is 11.5 Å². The lowest BCUT2D eigenvalue weighted by Crippen LogP contribution is -2.56. The molecule has 2 fully saturated rings. The first-order valence-corrected chi connectivity index (χ1v) is 21.9. The Hall–Kier alpha value is -3.19. The lowest BCUT2D eigenvalue weighted by atomic mass is 9.87. The highest BCUT2D eigenvalue weighted by molar-refractivity contribution is 6.74. The molecule has 3 aromatic rings. The summed E-state index contributed by atoms with van der Waals surface area (Å²) in [6, 6.07) is 10.6. The molecule has 4 atom stereocenters. The number of furan rings is 1. The van der Waals surface area contributed by atoms with Crippen molar-refractivity contribution in [2.75, 3.05) is 19.8 Å². The summed E-state index contributed by atoms with van der Waals surface area (Å²) < 4.78 is 62.5. The Kier molecular flexibility index (Phi) is 11.0. The first-order valence-electron chi connectivity index (χ1n) is 18.6. The zero-order valence-electron chi connectivity index (χ0n) is 32.0. The number of benzene rings is 2. The monoisotopic (exact) mass is 774 g/mol. The van der Waals surface area contributed by atoms with Crippen LogP contribution in [0, 0.1) is 5.92 Å². The molecule has 3 aliphatic heterocycles. The molecule has 0 spiro atoms. The number of nitrogens with zero attached hydrogens (tertiary/aromatic N) is 1. The first kappa shape index (κ1) is 39.5. The van der Waals surface area contributed by atoms with Crippen molar-refractivity contribution in [1.82, 2.24) is 10.2 Å². The van der Waals surface area contributed by atoms with Gasteiger partial charge in [-0.2, -0.15) is 8.78 Å². The fourth-order valence-electron chi connectivity index (χ4n) is 7.57. The Morgan fingerprint density at radius 3 is 2.26 bits per heavy atom. The van der Waals surface area contributed by atoms with Crippen LogP contribution in [0.2, 0.25) is 23.2 Å². The molecule has 53 heavy (non-hydrogen) atoms. The second-order valence-electron chi connectivity index (χ2n) is 17.4. The van der Waals surface area contributed by atoms with E-state index in [0.717, 1.165) is 31.7 Å². The molecule has 0 saturated carbocycles. The Balaban J connectivity index is 1.34. The summed E-state index contributed by atoms with van der Waals surface area (Å²) >= 11 is 6.11. The number of fused-ring (bicyclic) bond motifs is 4. The van der Waals surface area contributed by atoms with Crippen LogP contribution < -0.4 is 14.8 Å². The van der Waals surface area contributed by atoms with Crippen molar-refractivity contribution in [2.24, 2.45) is 5.92 Å². The van der Waals surface area contributed by atoms with E-state index in [0.29, 0.717) is 47.1 Å². The van der Waals surface area contributed by atoms with Crippen molar-refractivity contribution in [3.05, 3.63) is 58.8 Å².